The number of halogens is 1. The van der Waals surface area contributed by atoms with Gasteiger partial charge in [0.25, 0.3) is 0 Å². The van der Waals surface area contributed by atoms with Gasteiger partial charge in [0.05, 0.1) is 11.4 Å². The van der Waals surface area contributed by atoms with Gasteiger partial charge >= 0.3 is 0 Å². The largest absolute Gasteiger partial charge is 0.216 e. The van der Waals surface area contributed by atoms with Crippen molar-refractivity contribution in [2.45, 2.75) is 32.1 Å². The first-order valence-corrected chi connectivity index (χ1v) is 7.12. The first-order valence-electron chi connectivity index (χ1n) is 6.33. The molecule has 0 saturated heterocycles. The zero-order valence-electron chi connectivity index (χ0n) is 10.6. The summed E-state index contributed by atoms with van der Waals surface area (Å²) >= 11 is 3.53. The monoisotopic (exact) mass is 316 g/mol. The average Bonchev–Trinajstić information content (AvgIpc) is 2.74. The maximum Gasteiger partial charge on any atom is 0.186 e. The summed E-state index contributed by atoms with van der Waals surface area (Å²) in [5.41, 5.74) is 3.55. The molecule has 0 amide bonds. The summed E-state index contributed by atoms with van der Waals surface area (Å²) in [6.07, 6.45) is 3.46. The highest BCUT2D eigenvalue weighted by Gasteiger charge is 2.28. The second-order valence-corrected chi connectivity index (χ2v) is 5.76. The number of benzene rings is 1. The van der Waals surface area contributed by atoms with E-state index in [4.69, 9.17) is 0 Å². The minimum absolute atomic E-state index is 0.421. The van der Waals surface area contributed by atoms with Crippen molar-refractivity contribution in [1.82, 2.24) is 15.0 Å². The van der Waals surface area contributed by atoms with E-state index in [1.165, 1.54) is 12.0 Å². The molecule has 19 heavy (non-hydrogen) atoms. The first kappa shape index (κ1) is 12.4. The Bertz CT molecular complexity index is 665. The molecule has 1 fully saturated rings. The molecule has 2 aromatic rings. The number of rotatable bonds is 2. The molecule has 1 aromatic heterocycles. The molecule has 0 N–H and O–H groups in total. The second-order valence-electron chi connectivity index (χ2n) is 4.91. The third-order valence-corrected chi connectivity index (χ3v) is 4.56. The highest BCUT2D eigenvalue weighted by atomic mass is 79.9. The third kappa shape index (κ3) is 2.06. The van der Waals surface area contributed by atoms with Crippen LogP contribution in [0.25, 0.3) is 5.69 Å². The van der Waals surface area contributed by atoms with Gasteiger partial charge in [0.15, 0.2) is 5.69 Å². The number of nitriles is 1. The molecular formula is C14H13BrN4. The topological polar surface area (TPSA) is 54.5 Å². The van der Waals surface area contributed by atoms with E-state index in [2.05, 4.69) is 32.3 Å². The summed E-state index contributed by atoms with van der Waals surface area (Å²) in [7, 11) is 0. The Kier molecular flexibility index (Phi) is 3.11. The van der Waals surface area contributed by atoms with Crippen molar-refractivity contribution in [2.24, 2.45) is 0 Å². The van der Waals surface area contributed by atoms with Gasteiger partial charge in [-0.2, -0.15) is 5.26 Å². The van der Waals surface area contributed by atoms with E-state index in [1.54, 1.807) is 0 Å². The zero-order chi connectivity index (χ0) is 13.4. The molecule has 0 bridgehead atoms. The first-order chi connectivity index (χ1) is 9.20. The fourth-order valence-corrected chi connectivity index (χ4v) is 2.69. The van der Waals surface area contributed by atoms with Gasteiger partial charge in [-0.1, -0.05) is 33.6 Å². The van der Waals surface area contributed by atoms with Gasteiger partial charge in [0, 0.05) is 10.4 Å². The fraction of sp³-hybridized carbons (Fsp3) is 0.357. The Balaban J connectivity index is 2.11. The molecule has 1 saturated carbocycles. The minimum atomic E-state index is 0.421. The van der Waals surface area contributed by atoms with Crippen molar-refractivity contribution in [2.75, 3.05) is 0 Å². The van der Waals surface area contributed by atoms with Crippen molar-refractivity contribution in [3.63, 3.8) is 0 Å². The van der Waals surface area contributed by atoms with Crippen LogP contribution in [0.2, 0.25) is 0 Å². The Morgan fingerprint density at radius 2 is 2.21 bits per heavy atom. The van der Waals surface area contributed by atoms with E-state index in [-0.39, 0.29) is 0 Å². The van der Waals surface area contributed by atoms with E-state index in [1.807, 2.05) is 29.8 Å². The molecule has 1 aliphatic rings. The van der Waals surface area contributed by atoms with Crippen LogP contribution < -0.4 is 0 Å². The summed E-state index contributed by atoms with van der Waals surface area (Å²) in [6, 6.07) is 8.23. The molecule has 3 rings (SSSR count). The third-order valence-electron chi connectivity index (χ3n) is 3.70. The fourth-order valence-electron chi connectivity index (χ4n) is 2.32. The maximum absolute atomic E-state index is 9.17. The second kappa shape index (κ2) is 4.78. The van der Waals surface area contributed by atoms with Crippen molar-refractivity contribution in [3.05, 3.63) is 39.6 Å². The number of hydrogen-bond acceptors (Lipinski definition) is 3. The number of aromatic nitrogens is 3. The summed E-state index contributed by atoms with van der Waals surface area (Å²) in [4.78, 5) is 0. The lowest BCUT2D eigenvalue weighted by molar-refractivity contribution is 0.402. The SMILES string of the molecule is Cc1ccc(-n2nnc(C#N)c2C2CCC2)cc1Br. The standard InChI is InChI=1S/C14H13BrN4/c1-9-5-6-11(7-12(9)15)19-14(10-3-2-4-10)13(8-16)17-18-19/h5-7,10H,2-4H2,1H3. The Morgan fingerprint density at radius 1 is 1.42 bits per heavy atom. The molecular weight excluding hydrogens is 304 g/mol. The summed E-state index contributed by atoms with van der Waals surface area (Å²) in [5, 5.41) is 17.3. The van der Waals surface area contributed by atoms with Gasteiger partial charge in [0.1, 0.15) is 6.07 Å². The van der Waals surface area contributed by atoms with E-state index < -0.39 is 0 Å². The average molecular weight is 317 g/mol. The molecule has 0 unspecified atom stereocenters. The van der Waals surface area contributed by atoms with Crippen LogP contribution in [0.4, 0.5) is 0 Å². The predicted molar refractivity (Wildman–Crippen MR) is 75.1 cm³/mol. The minimum Gasteiger partial charge on any atom is -0.216 e. The van der Waals surface area contributed by atoms with Gasteiger partial charge in [-0.25, -0.2) is 4.68 Å². The van der Waals surface area contributed by atoms with Gasteiger partial charge in [-0.15, -0.1) is 5.10 Å². The predicted octanol–water partition coefficient (Wildman–Crippen LogP) is 3.48. The van der Waals surface area contributed by atoms with Crippen LogP contribution in [0.1, 0.15) is 42.1 Å². The van der Waals surface area contributed by atoms with E-state index >= 15 is 0 Å². The van der Waals surface area contributed by atoms with Crippen molar-refractivity contribution in [3.8, 4) is 11.8 Å². The highest BCUT2D eigenvalue weighted by Crippen LogP contribution is 2.38. The zero-order valence-corrected chi connectivity index (χ0v) is 12.2. The van der Waals surface area contributed by atoms with Gasteiger partial charge in [-0.3, -0.25) is 0 Å². The maximum atomic E-state index is 9.17. The number of nitrogens with zero attached hydrogens (tertiary/aromatic N) is 4. The normalized spacial score (nSPS) is 15.0. The van der Waals surface area contributed by atoms with Gasteiger partial charge < -0.3 is 0 Å². The summed E-state index contributed by atoms with van der Waals surface area (Å²) in [5.74, 6) is 0.421. The van der Waals surface area contributed by atoms with Crippen LogP contribution in [-0.4, -0.2) is 15.0 Å². The molecule has 0 atom stereocenters. The van der Waals surface area contributed by atoms with E-state index in [0.717, 1.165) is 28.7 Å². The van der Waals surface area contributed by atoms with Crippen molar-refractivity contribution in [1.29, 1.82) is 5.26 Å². The highest BCUT2D eigenvalue weighted by molar-refractivity contribution is 9.10. The molecule has 5 heteroatoms. The molecule has 0 spiro atoms. The number of aryl methyl sites for hydroxylation is 1. The summed E-state index contributed by atoms with van der Waals surface area (Å²) in [6.45, 7) is 2.04. The van der Waals surface area contributed by atoms with Crippen LogP contribution in [0.15, 0.2) is 22.7 Å². The molecule has 4 nitrogen and oxygen atoms in total. The Morgan fingerprint density at radius 3 is 2.79 bits per heavy atom. The van der Waals surface area contributed by atoms with Crippen LogP contribution in [-0.2, 0) is 0 Å². The Labute approximate surface area is 120 Å². The molecule has 1 aromatic carbocycles. The molecule has 1 heterocycles. The van der Waals surface area contributed by atoms with Gasteiger partial charge in [0.2, 0.25) is 0 Å². The quantitative estimate of drug-likeness (QED) is 0.852. The van der Waals surface area contributed by atoms with E-state index in [0.29, 0.717) is 11.6 Å². The molecule has 96 valence electrons. The Hall–Kier alpha value is -1.67. The van der Waals surface area contributed by atoms with Crippen LogP contribution in [0.5, 0.6) is 0 Å². The lowest BCUT2D eigenvalue weighted by Gasteiger charge is -2.25. The van der Waals surface area contributed by atoms with Crippen LogP contribution in [0, 0.1) is 18.3 Å². The molecule has 0 aliphatic heterocycles. The smallest absolute Gasteiger partial charge is 0.186 e. The van der Waals surface area contributed by atoms with Crippen molar-refractivity contribution >= 4 is 15.9 Å². The van der Waals surface area contributed by atoms with Crippen LogP contribution in [0.3, 0.4) is 0 Å². The molecule has 0 radical (unpaired) electrons. The lowest BCUT2D eigenvalue weighted by Crippen LogP contribution is -2.15. The number of hydrogen-bond donors (Lipinski definition) is 0. The van der Waals surface area contributed by atoms with Gasteiger partial charge in [-0.05, 0) is 37.5 Å². The summed E-state index contributed by atoms with van der Waals surface area (Å²) < 4.78 is 2.85. The lowest BCUT2D eigenvalue weighted by atomic mass is 9.82. The van der Waals surface area contributed by atoms with Crippen LogP contribution >= 0.6 is 15.9 Å². The molecule has 1 aliphatic carbocycles. The van der Waals surface area contributed by atoms with E-state index in [9.17, 15) is 5.26 Å². The van der Waals surface area contributed by atoms with Crippen molar-refractivity contribution < 1.29 is 0 Å².